The quantitative estimate of drug-likeness (QED) is 0.233. The van der Waals surface area contributed by atoms with Crippen LogP contribution in [0.2, 0.25) is 0 Å². The summed E-state index contributed by atoms with van der Waals surface area (Å²) < 4.78 is 2.94. The number of nitrogens with one attached hydrogen (secondary N) is 1. The molecule has 0 atom stereocenters. The first-order chi connectivity index (χ1) is 13.7. The average Bonchev–Trinajstić information content (AvgIpc) is 3.31. The molecule has 4 aromatic rings. The first kappa shape index (κ1) is 18.7. The number of benzene rings is 2. The third-order valence-electron chi connectivity index (χ3n) is 4.36. The van der Waals surface area contributed by atoms with Crippen molar-refractivity contribution in [3.05, 3.63) is 77.4 Å². The minimum Gasteiger partial charge on any atom is -0.360 e. The van der Waals surface area contributed by atoms with E-state index in [-0.39, 0.29) is 5.78 Å². The van der Waals surface area contributed by atoms with E-state index in [4.69, 9.17) is 0 Å². The number of aromatic amines is 1. The Bertz CT molecular complexity index is 1150. The molecule has 2 aromatic carbocycles. The Balaban J connectivity index is 1.61. The second kappa shape index (κ2) is 8.16. The molecule has 0 aliphatic rings. The number of nitrogens with zero attached hydrogens (tertiary/aromatic N) is 3. The van der Waals surface area contributed by atoms with Gasteiger partial charge in [0.25, 0.3) is 0 Å². The van der Waals surface area contributed by atoms with Crippen molar-refractivity contribution in [1.82, 2.24) is 19.7 Å². The highest BCUT2D eigenvalue weighted by molar-refractivity contribution is 9.10. The second-order valence-corrected chi connectivity index (χ2v) is 8.03. The average molecular weight is 453 g/mol. The molecular formula is C21H17BrN4OS. The Kier molecular flexibility index (Phi) is 5.45. The number of rotatable bonds is 7. The zero-order chi connectivity index (χ0) is 19.5. The van der Waals surface area contributed by atoms with Crippen molar-refractivity contribution in [1.29, 1.82) is 0 Å². The molecule has 2 heterocycles. The number of carbonyl (C=O) groups is 1. The summed E-state index contributed by atoms with van der Waals surface area (Å²) in [5.41, 5.74) is 2.71. The van der Waals surface area contributed by atoms with E-state index in [1.54, 1.807) is 0 Å². The lowest BCUT2D eigenvalue weighted by atomic mass is 10.1. The number of hydrogen-bond donors (Lipinski definition) is 1. The van der Waals surface area contributed by atoms with Crippen molar-refractivity contribution >= 4 is 44.4 Å². The molecule has 2 aromatic heterocycles. The topological polar surface area (TPSA) is 63.6 Å². The Morgan fingerprint density at radius 3 is 2.75 bits per heavy atom. The zero-order valence-electron chi connectivity index (χ0n) is 14.9. The summed E-state index contributed by atoms with van der Waals surface area (Å²) in [5, 5.41) is 10.5. The van der Waals surface area contributed by atoms with Crippen LogP contribution in [0.4, 0.5) is 0 Å². The van der Waals surface area contributed by atoms with Crippen molar-refractivity contribution in [3.8, 4) is 11.4 Å². The van der Waals surface area contributed by atoms with Crippen molar-refractivity contribution in [2.24, 2.45) is 0 Å². The number of halogens is 1. The SMILES string of the molecule is C=CCn1c(SCC(=O)c2ccc(Br)cc2)nnc1-c1c[nH]c2ccccc12. The lowest BCUT2D eigenvalue weighted by molar-refractivity contribution is 0.102. The van der Waals surface area contributed by atoms with Crippen LogP contribution in [0.5, 0.6) is 0 Å². The molecule has 1 N–H and O–H groups in total. The van der Waals surface area contributed by atoms with Crippen LogP contribution < -0.4 is 0 Å². The van der Waals surface area contributed by atoms with Gasteiger partial charge in [-0.3, -0.25) is 9.36 Å². The van der Waals surface area contributed by atoms with Gasteiger partial charge in [-0.25, -0.2) is 0 Å². The highest BCUT2D eigenvalue weighted by atomic mass is 79.9. The van der Waals surface area contributed by atoms with Gasteiger partial charge in [0, 0.05) is 39.2 Å². The zero-order valence-corrected chi connectivity index (χ0v) is 17.3. The molecular weight excluding hydrogens is 436 g/mol. The number of allylic oxidation sites excluding steroid dienone is 1. The minimum atomic E-state index is 0.0549. The fraction of sp³-hybridized carbons (Fsp3) is 0.0952. The van der Waals surface area contributed by atoms with E-state index in [9.17, 15) is 4.79 Å². The Morgan fingerprint density at radius 1 is 1.18 bits per heavy atom. The summed E-state index contributed by atoms with van der Waals surface area (Å²) in [6.07, 6.45) is 3.75. The van der Waals surface area contributed by atoms with Crippen molar-refractivity contribution in [3.63, 3.8) is 0 Å². The van der Waals surface area contributed by atoms with Gasteiger partial charge in [-0.2, -0.15) is 0 Å². The lowest BCUT2D eigenvalue weighted by Gasteiger charge is -2.07. The summed E-state index contributed by atoms with van der Waals surface area (Å²) in [5.74, 6) is 1.11. The van der Waals surface area contributed by atoms with E-state index in [0.717, 1.165) is 26.8 Å². The first-order valence-electron chi connectivity index (χ1n) is 8.69. The highest BCUT2D eigenvalue weighted by Crippen LogP contribution is 2.30. The van der Waals surface area contributed by atoms with Crippen LogP contribution in [-0.4, -0.2) is 31.3 Å². The molecule has 28 heavy (non-hydrogen) atoms. The number of ketones is 1. The third kappa shape index (κ3) is 3.68. The number of fused-ring (bicyclic) bond motifs is 1. The molecule has 0 amide bonds. The van der Waals surface area contributed by atoms with Crippen molar-refractivity contribution in [2.75, 3.05) is 5.75 Å². The van der Waals surface area contributed by atoms with E-state index in [2.05, 4.69) is 43.8 Å². The van der Waals surface area contributed by atoms with Crippen LogP contribution >= 0.6 is 27.7 Å². The largest absolute Gasteiger partial charge is 0.360 e. The number of Topliss-reactive ketones (excluding diaryl/α,β-unsaturated/α-hetero) is 1. The molecule has 0 radical (unpaired) electrons. The maximum Gasteiger partial charge on any atom is 0.192 e. The van der Waals surface area contributed by atoms with Crippen LogP contribution in [0, 0.1) is 0 Å². The number of thioether (sulfide) groups is 1. The monoisotopic (exact) mass is 452 g/mol. The minimum absolute atomic E-state index is 0.0549. The van der Waals surface area contributed by atoms with Crippen LogP contribution in [0.25, 0.3) is 22.3 Å². The first-order valence-corrected chi connectivity index (χ1v) is 10.5. The van der Waals surface area contributed by atoms with E-state index in [1.807, 2.05) is 59.3 Å². The molecule has 0 bridgehead atoms. The van der Waals surface area contributed by atoms with Gasteiger partial charge in [0.15, 0.2) is 16.8 Å². The predicted molar refractivity (Wildman–Crippen MR) is 117 cm³/mol. The molecule has 0 aliphatic heterocycles. The number of carbonyl (C=O) groups excluding carboxylic acids is 1. The smallest absolute Gasteiger partial charge is 0.192 e. The van der Waals surface area contributed by atoms with Gasteiger partial charge in [0.2, 0.25) is 0 Å². The number of aromatic nitrogens is 4. The summed E-state index contributed by atoms with van der Waals surface area (Å²) >= 11 is 4.77. The van der Waals surface area contributed by atoms with Gasteiger partial charge in [-0.15, -0.1) is 16.8 Å². The number of para-hydroxylation sites is 1. The molecule has 0 saturated carbocycles. The van der Waals surface area contributed by atoms with Crippen LogP contribution in [0.1, 0.15) is 10.4 Å². The van der Waals surface area contributed by atoms with Gasteiger partial charge in [0.1, 0.15) is 0 Å². The van der Waals surface area contributed by atoms with Crippen molar-refractivity contribution in [2.45, 2.75) is 11.7 Å². The standard InChI is InChI=1S/C21H17BrN4OS/c1-2-11-26-20(17-12-23-18-6-4-3-5-16(17)18)24-25-21(26)28-13-19(27)14-7-9-15(22)10-8-14/h2-10,12,23H,1,11,13H2. The summed E-state index contributed by atoms with van der Waals surface area (Å²) in [6, 6.07) is 15.4. The molecule has 0 unspecified atom stereocenters. The molecule has 7 heteroatoms. The maximum absolute atomic E-state index is 12.5. The fourth-order valence-electron chi connectivity index (χ4n) is 2.99. The maximum atomic E-state index is 12.5. The Hall–Kier alpha value is -2.64. The third-order valence-corrected chi connectivity index (χ3v) is 5.85. The highest BCUT2D eigenvalue weighted by Gasteiger charge is 2.18. The molecule has 140 valence electrons. The van der Waals surface area contributed by atoms with E-state index in [0.29, 0.717) is 23.0 Å². The van der Waals surface area contributed by atoms with Crippen LogP contribution in [0.15, 0.2) is 77.0 Å². The summed E-state index contributed by atoms with van der Waals surface area (Å²) in [4.78, 5) is 15.8. The summed E-state index contributed by atoms with van der Waals surface area (Å²) in [6.45, 7) is 4.41. The molecule has 4 rings (SSSR count). The molecule has 0 saturated heterocycles. The van der Waals surface area contributed by atoms with Gasteiger partial charge in [-0.1, -0.05) is 64.1 Å². The number of H-pyrrole nitrogens is 1. The van der Waals surface area contributed by atoms with Gasteiger partial charge in [-0.05, 0) is 18.2 Å². The van der Waals surface area contributed by atoms with Gasteiger partial charge < -0.3 is 4.98 Å². The van der Waals surface area contributed by atoms with Gasteiger partial charge >= 0.3 is 0 Å². The predicted octanol–water partition coefficient (Wildman–Crippen LogP) is 5.35. The lowest BCUT2D eigenvalue weighted by Crippen LogP contribution is -2.05. The van der Waals surface area contributed by atoms with E-state index < -0.39 is 0 Å². The van der Waals surface area contributed by atoms with E-state index in [1.165, 1.54) is 11.8 Å². The van der Waals surface area contributed by atoms with Crippen LogP contribution in [-0.2, 0) is 6.54 Å². The fourth-order valence-corrected chi connectivity index (χ4v) is 4.10. The summed E-state index contributed by atoms with van der Waals surface area (Å²) in [7, 11) is 0. The van der Waals surface area contributed by atoms with Gasteiger partial charge in [0.05, 0.1) is 5.75 Å². The van der Waals surface area contributed by atoms with Crippen LogP contribution in [0.3, 0.4) is 0 Å². The molecule has 0 spiro atoms. The van der Waals surface area contributed by atoms with Crippen molar-refractivity contribution < 1.29 is 4.79 Å². The number of hydrogen-bond acceptors (Lipinski definition) is 4. The molecule has 0 aliphatic carbocycles. The molecule has 0 fully saturated rings. The molecule has 5 nitrogen and oxygen atoms in total. The van der Waals surface area contributed by atoms with E-state index >= 15 is 0 Å². The second-order valence-electron chi connectivity index (χ2n) is 6.17. The Labute approximate surface area is 175 Å². The normalized spacial score (nSPS) is 11.0. The Morgan fingerprint density at radius 2 is 1.96 bits per heavy atom.